The van der Waals surface area contributed by atoms with Gasteiger partial charge in [-0.1, -0.05) is 12.5 Å². The van der Waals surface area contributed by atoms with Gasteiger partial charge in [0.05, 0.1) is 31.3 Å². The lowest BCUT2D eigenvalue weighted by molar-refractivity contribution is -0.149. The lowest BCUT2D eigenvalue weighted by atomic mass is 9.81. The molecule has 2 fully saturated rings. The van der Waals surface area contributed by atoms with Gasteiger partial charge in [0.15, 0.2) is 0 Å². The highest BCUT2D eigenvalue weighted by Crippen LogP contribution is 2.48. The van der Waals surface area contributed by atoms with Crippen molar-refractivity contribution in [3.8, 4) is 5.75 Å². The summed E-state index contributed by atoms with van der Waals surface area (Å²) in [4.78, 5) is 38.0. The first-order valence-electron chi connectivity index (χ1n) is 9.51. The van der Waals surface area contributed by atoms with Gasteiger partial charge in [-0.05, 0) is 43.4 Å². The van der Waals surface area contributed by atoms with Crippen LogP contribution in [-0.4, -0.2) is 61.1 Å². The minimum absolute atomic E-state index is 0.104. The average molecular weight is 389 g/mol. The minimum Gasteiger partial charge on any atom is -0.495 e. The monoisotopic (exact) mass is 389 g/mol. The Morgan fingerprint density at radius 1 is 1.32 bits per heavy atom. The van der Waals surface area contributed by atoms with Crippen molar-refractivity contribution in [1.29, 1.82) is 0 Å². The molecule has 0 unspecified atom stereocenters. The number of carboxylic acids is 1. The summed E-state index contributed by atoms with van der Waals surface area (Å²) in [6, 6.07) is 5.45. The number of amides is 2. The summed E-state index contributed by atoms with van der Waals surface area (Å²) < 4.78 is 5.22. The number of fused-ring (bicyclic) bond motifs is 1. The first kappa shape index (κ1) is 20.1. The van der Waals surface area contributed by atoms with Crippen LogP contribution >= 0.6 is 0 Å². The second-order valence-electron chi connectivity index (χ2n) is 7.75. The number of likely N-dealkylation sites (tertiary alicyclic amines) is 1. The standard InChI is InChI=1S/C20H27N3O5/c1-13-5-6-16(28-2)15(8-13)22-17(24)9-21-18(25)11-23-10-14-4-3-7-20(14,12-23)19(26)27/h5-6,8,14H,3-4,7,9-12H2,1-2H3,(H,21,25)(H,22,24)(H,26,27)/t14-,20+/m0/s1. The van der Waals surface area contributed by atoms with Crippen LogP contribution in [-0.2, 0) is 14.4 Å². The zero-order chi connectivity index (χ0) is 20.3. The highest BCUT2D eigenvalue weighted by molar-refractivity contribution is 5.96. The maximum Gasteiger partial charge on any atom is 0.311 e. The van der Waals surface area contributed by atoms with Gasteiger partial charge in [-0.25, -0.2) is 0 Å². The quantitative estimate of drug-likeness (QED) is 0.648. The summed E-state index contributed by atoms with van der Waals surface area (Å²) in [7, 11) is 1.53. The summed E-state index contributed by atoms with van der Waals surface area (Å²) in [5, 5.41) is 15.0. The van der Waals surface area contributed by atoms with Crippen LogP contribution < -0.4 is 15.4 Å². The van der Waals surface area contributed by atoms with E-state index >= 15 is 0 Å². The van der Waals surface area contributed by atoms with E-state index in [0.29, 0.717) is 30.9 Å². The maximum absolute atomic E-state index is 12.2. The molecule has 1 saturated heterocycles. The number of hydrogen-bond acceptors (Lipinski definition) is 5. The molecule has 2 atom stereocenters. The zero-order valence-corrected chi connectivity index (χ0v) is 16.3. The Hall–Kier alpha value is -2.61. The van der Waals surface area contributed by atoms with E-state index in [2.05, 4.69) is 10.6 Å². The van der Waals surface area contributed by atoms with E-state index in [1.54, 1.807) is 12.1 Å². The Kier molecular flexibility index (Phi) is 5.88. The van der Waals surface area contributed by atoms with Gasteiger partial charge in [-0.3, -0.25) is 19.3 Å². The molecule has 1 aliphatic carbocycles. The van der Waals surface area contributed by atoms with Crippen molar-refractivity contribution in [2.24, 2.45) is 11.3 Å². The van der Waals surface area contributed by atoms with E-state index in [1.807, 2.05) is 17.9 Å². The Morgan fingerprint density at radius 3 is 2.79 bits per heavy atom. The van der Waals surface area contributed by atoms with Crippen molar-refractivity contribution in [3.05, 3.63) is 23.8 Å². The van der Waals surface area contributed by atoms with E-state index in [0.717, 1.165) is 18.4 Å². The second-order valence-corrected chi connectivity index (χ2v) is 7.75. The molecule has 1 aromatic rings. The van der Waals surface area contributed by atoms with Crippen LogP contribution in [0.4, 0.5) is 5.69 Å². The van der Waals surface area contributed by atoms with Crippen molar-refractivity contribution in [1.82, 2.24) is 10.2 Å². The molecule has 2 amide bonds. The number of carbonyl (C=O) groups is 3. The van der Waals surface area contributed by atoms with Gasteiger partial charge in [-0.15, -0.1) is 0 Å². The fraction of sp³-hybridized carbons (Fsp3) is 0.550. The molecule has 8 nitrogen and oxygen atoms in total. The smallest absolute Gasteiger partial charge is 0.311 e. The highest BCUT2D eigenvalue weighted by Gasteiger charge is 2.54. The topological polar surface area (TPSA) is 108 Å². The molecule has 3 rings (SSSR count). The maximum atomic E-state index is 12.2. The molecule has 0 radical (unpaired) electrons. The second kappa shape index (κ2) is 8.18. The summed E-state index contributed by atoms with van der Waals surface area (Å²) >= 11 is 0. The minimum atomic E-state index is -0.760. The van der Waals surface area contributed by atoms with Crippen molar-refractivity contribution in [3.63, 3.8) is 0 Å². The van der Waals surface area contributed by atoms with Gasteiger partial charge in [-0.2, -0.15) is 0 Å². The van der Waals surface area contributed by atoms with Gasteiger partial charge in [0.25, 0.3) is 0 Å². The third kappa shape index (κ3) is 4.11. The van der Waals surface area contributed by atoms with Gasteiger partial charge in [0.2, 0.25) is 11.8 Å². The molecule has 0 spiro atoms. The predicted octanol–water partition coefficient (Wildman–Crippen LogP) is 1.25. The molecule has 1 aromatic carbocycles. The molecular weight excluding hydrogens is 362 g/mol. The van der Waals surface area contributed by atoms with Crippen molar-refractivity contribution < 1.29 is 24.2 Å². The number of hydrogen-bond donors (Lipinski definition) is 3. The van der Waals surface area contributed by atoms with E-state index in [1.165, 1.54) is 7.11 Å². The number of nitrogens with one attached hydrogen (secondary N) is 2. The first-order chi connectivity index (χ1) is 13.3. The van der Waals surface area contributed by atoms with E-state index in [-0.39, 0.29) is 30.8 Å². The van der Waals surface area contributed by atoms with Gasteiger partial charge in [0, 0.05) is 13.1 Å². The number of nitrogens with zero attached hydrogens (tertiary/aromatic N) is 1. The summed E-state index contributed by atoms with van der Waals surface area (Å²) in [6.45, 7) is 2.87. The van der Waals surface area contributed by atoms with Crippen molar-refractivity contribution >= 4 is 23.5 Å². The zero-order valence-electron chi connectivity index (χ0n) is 16.3. The number of anilines is 1. The largest absolute Gasteiger partial charge is 0.495 e. The van der Waals surface area contributed by atoms with Crippen LogP contribution in [0.2, 0.25) is 0 Å². The summed E-state index contributed by atoms with van der Waals surface area (Å²) in [6.07, 6.45) is 2.50. The van der Waals surface area contributed by atoms with E-state index < -0.39 is 11.4 Å². The fourth-order valence-electron chi connectivity index (χ4n) is 4.42. The average Bonchev–Trinajstić information content (AvgIpc) is 3.18. The van der Waals surface area contributed by atoms with E-state index in [4.69, 9.17) is 4.74 Å². The molecule has 1 heterocycles. The molecular formula is C20H27N3O5. The molecule has 1 saturated carbocycles. The highest BCUT2D eigenvalue weighted by atomic mass is 16.5. The van der Waals surface area contributed by atoms with Crippen molar-refractivity contribution in [2.75, 3.05) is 38.6 Å². The number of aryl methyl sites for hydroxylation is 1. The number of rotatable bonds is 7. The molecule has 3 N–H and O–H groups in total. The normalized spacial score (nSPS) is 23.9. The number of carboxylic acid groups (broad SMARTS) is 1. The molecule has 2 aliphatic rings. The van der Waals surface area contributed by atoms with Gasteiger partial charge >= 0.3 is 5.97 Å². The van der Waals surface area contributed by atoms with Crippen LogP contribution in [0.25, 0.3) is 0 Å². The van der Waals surface area contributed by atoms with E-state index in [9.17, 15) is 19.5 Å². The predicted molar refractivity (Wildman–Crippen MR) is 103 cm³/mol. The van der Waals surface area contributed by atoms with Crippen LogP contribution in [0.3, 0.4) is 0 Å². The summed E-state index contributed by atoms with van der Waals surface area (Å²) in [5.74, 6) is -0.739. The van der Waals surface area contributed by atoms with Crippen LogP contribution in [0.1, 0.15) is 24.8 Å². The Bertz CT molecular complexity index is 781. The Labute approximate surface area is 164 Å². The molecule has 8 heteroatoms. The lowest BCUT2D eigenvalue weighted by Gasteiger charge is -2.23. The lowest BCUT2D eigenvalue weighted by Crippen LogP contribution is -2.41. The van der Waals surface area contributed by atoms with Crippen molar-refractivity contribution in [2.45, 2.75) is 26.2 Å². The third-order valence-electron chi connectivity index (χ3n) is 5.81. The van der Waals surface area contributed by atoms with Crippen LogP contribution in [0, 0.1) is 18.3 Å². The van der Waals surface area contributed by atoms with Crippen LogP contribution in [0.15, 0.2) is 18.2 Å². The molecule has 1 aliphatic heterocycles. The molecule has 28 heavy (non-hydrogen) atoms. The SMILES string of the molecule is COc1ccc(C)cc1NC(=O)CNC(=O)CN1C[C@@H]2CCC[C@@]2(C(=O)O)C1. The van der Waals surface area contributed by atoms with Gasteiger partial charge < -0.3 is 20.5 Å². The number of ether oxygens (including phenoxy) is 1. The van der Waals surface area contributed by atoms with Gasteiger partial charge in [0.1, 0.15) is 5.75 Å². The molecule has 0 aromatic heterocycles. The van der Waals surface area contributed by atoms with Crippen LogP contribution in [0.5, 0.6) is 5.75 Å². The first-order valence-corrected chi connectivity index (χ1v) is 9.51. The Balaban J connectivity index is 1.48. The number of aliphatic carboxylic acids is 1. The number of methoxy groups -OCH3 is 1. The summed E-state index contributed by atoms with van der Waals surface area (Å²) in [5.41, 5.74) is 0.823. The molecule has 0 bridgehead atoms. The fourth-order valence-corrected chi connectivity index (χ4v) is 4.42. The Morgan fingerprint density at radius 2 is 2.11 bits per heavy atom. The third-order valence-corrected chi connectivity index (χ3v) is 5.81. The number of carbonyl (C=O) groups excluding carboxylic acids is 2. The number of benzene rings is 1. The molecule has 152 valence electrons.